The van der Waals surface area contributed by atoms with Gasteiger partial charge in [-0.15, -0.1) is 0 Å². The van der Waals surface area contributed by atoms with E-state index in [0.717, 1.165) is 10.5 Å². The van der Waals surface area contributed by atoms with Gasteiger partial charge in [0.15, 0.2) is 8.32 Å². The molecule has 3 amide bonds. The molecule has 1 N–H and O–H groups in total. The van der Waals surface area contributed by atoms with E-state index >= 15 is 0 Å². The number of benzene rings is 1. The first kappa shape index (κ1) is 22.3. The van der Waals surface area contributed by atoms with E-state index in [0.29, 0.717) is 11.5 Å². The molecule has 1 rings (SSSR count). The second kappa shape index (κ2) is 9.30. The monoisotopic (exact) mass is 380 g/mol. The Morgan fingerprint density at radius 1 is 1.12 bits per heavy atom. The van der Waals surface area contributed by atoms with Gasteiger partial charge in [-0.2, -0.15) is 0 Å². The maximum absolute atomic E-state index is 12.4. The summed E-state index contributed by atoms with van der Waals surface area (Å²) in [4.78, 5) is 25.3. The predicted octanol–water partition coefficient (Wildman–Crippen LogP) is 3.91. The van der Waals surface area contributed by atoms with Crippen LogP contribution in [-0.4, -0.2) is 55.1 Å². The Morgan fingerprint density at radius 3 is 2.19 bits per heavy atom. The van der Waals surface area contributed by atoms with Gasteiger partial charge in [0.2, 0.25) is 5.91 Å². The Balaban J connectivity index is 2.59. The fourth-order valence-corrected chi connectivity index (χ4v) is 3.15. The molecule has 0 aliphatic rings. The second-order valence-corrected chi connectivity index (χ2v) is 12.7. The summed E-state index contributed by atoms with van der Waals surface area (Å²) < 4.78 is 6.03. The fourth-order valence-electron chi connectivity index (χ4n) is 2.11. The maximum Gasteiger partial charge on any atom is 0.350 e. The van der Waals surface area contributed by atoms with Crippen LogP contribution in [0.15, 0.2) is 30.3 Å². The standard InChI is InChI=1S/C19H32N2O4Si/c1-16(22)20(14-15-25-26(5,6)19(2,3)4)18(23)21(24)13-12-17-10-8-7-9-11-17/h7-11,24H,12-15H2,1-6H3. The van der Waals surface area contributed by atoms with E-state index in [4.69, 9.17) is 4.43 Å². The number of hydroxylamine groups is 2. The number of hydrogen-bond donors (Lipinski definition) is 1. The number of imide groups is 1. The van der Waals surface area contributed by atoms with Gasteiger partial charge in [-0.1, -0.05) is 51.1 Å². The van der Waals surface area contributed by atoms with E-state index in [9.17, 15) is 14.8 Å². The Bertz CT molecular complexity index is 599. The van der Waals surface area contributed by atoms with Crippen LogP contribution in [0.1, 0.15) is 33.3 Å². The highest BCUT2D eigenvalue weighted by Gasteiger charge is 2.37. The SMILES string of the molecule is CC(=O)N(CCO[Si](C)(C)C(C)(C)C)C(=O)N(O)CCc1ccccc1. The number of hydrogen-bond acceptors (Lipinski definition) is 4. The number of nitrogens with zero attached hydrogens (tertiary/aromatic N) is 2. The van der Waals surface area contributed by atoms with Crippen molar-refractivity contribution < 1.29 is 19.2 Å². The predicted molar refractivity (Wildman–Crippen MR) is 105 cm³/mol. The topological polar surface area (TPSA) is 70.1 Å². The average Bonchev–Trinajstić information content (AvgIpc) is 2.55. The molecule has 1 aromatic carbocycles. The van der Waals surface area contributed by atoms with E-state index in [2.05, 4.69) is 33.9 Å². The van der Waals surface area contributed by atoms with E-state index in [1.54, 1.807) is 0 Å². The lowest BCUT2D eigenvalue weighted by molar-refractivity contribution is -0.130. The van der Waals surface area contributed by atoms with Crippen molar-refractivity contribution in [1.82, 2.24) is 9.96 Å². The first-order valence-electron chi connectivity index (χ1n) is 8.92. The molecule has 146 valence electrons. The van der Waals surface area contributed by atoms with Gasteiger partial charge in [-0.3, -0.25) is 14.9 Å². The number of rotatable bonds is 7. The van der Waals surface area contributed by atoms with Crippen molar-refractivity contribution in [1.29, 1.82) is 0 Å². The Kier molecular flexibility index (Phi) is 7.99. The van der Waals surface area contributed by atoms with Gasteiger partial charge < -0.3 is 4.43 Å². The highest BCUT2D eigenvalue weighted by atomic mass is 28.4. The van der Waals surface area contributed by atoms with Crippen molar-refractivity contribution in [3.05, 3.63) is 35.9 Å². The zero-order valence-electron chi connectivity index (χ0n) is 16.8. The van der Waals surface area contributed by atoms with Gasteiger partial charge >= 0.3 is 6.03 Å². The molecule has 0 radical (unpaired) electrons. The van der Waals surface area contributed by atoms with Crippen molar-refractivity contribution in [2.24, 2.45) is 0 Å². The number of carbonyl (C=O) groups is 2. The summed E-state index contributed by atoms with van der Waals surface area (Å²) in [6.45, 7) is 12.5. The zero-order valence-corrected chi connectivity index (χ0v) is 17.8. The van der Waals surface area contributed by atoms with Gasteiger partial charge in [0.05, 0.1) is 19.7 Å². The minimum atomic E-state index is -1.95. The van der Waals surface area contributed by atoms with Crippen LogP contribution in [0.25, 0.3) is 0 Å². The van der Waals surface area contributed by atoms with Crippen molar-refractivity contribution in [3.63, 3.8) is 0 Å². The number of carbonyl (C=O) groups excluding carboxylic acids is 2. The Hall–Kier alpha value is -1.70. The lowest BCUT2D eigenvalue weighted by atomic mass is 10.1. The smallest absolute Gasteiger partial charge is 0.350 e. The van der Waals surface area contributed by atoms with Crippen LogP contribution < -0.4 is 0 Å². The van der Waals surface area contributed by atoms with Crippen LogP contribution >= 0.6 is 0 Å². The molecule has 0 saturated heterocycles. The fraction of sp³-hybridized carbons (Fsp3) is 0.579. The molecule has 0 heterocycles. The van der Waals surface area contributed by atoms with Crippen LogP contribution in [0.4, 0.5) is 4.79 Å². The van der Waals surface area contributed by atoms with Crippen molar-refractivity contribution >= 4 is 20.3 Å². The van der Waals surface area contributed by atoms with E-state index in [1.807, 2.05) is 30.3 Å². The molecule has 0 bridgehead atoms. The summed E-state index contributed by atoms with van der Waals surface area (Å²) in [6, 6.07) is 8.85. The number of amides is 3. The second-order valence-electron chi connectivity index (χ2n) is 7.92. The first-order chi connectivity index (χ1) is 12.0. The molecule has 7 heteroatoms. The van der Waals surface area contributed by atoms with Crippen LogP contribution in [0.2, 0.25) is 18.1 Å². The Labute approximate surface area is 157 Å². The summed E-state index contributed by atoms with van der Waals surface area (Å²) >= 11 is 0. The molecular weight excluding hydrogens is 348 g/mol. The van der Waals surface area contributed by atoms with Gasteiger partial charge in [0.25, 0.3) is 0 Å². The highest BCUT2D eigenvalue weighted by molar-refractivity contribution is 6.74. The normalized spacial score (nSPS) is 12.0. The molecule has 1 aromatic rings. The minimum absolute atomic E-state index is 0.0523. The molecule has 6 nitrogen and oxygen atoms in total. The van der Waals surface area contributed by atoms with Gasteiger partial charge in [-0.25, -0.2) is 9.86 Å². The Morgan fingerprint density at radius 2 is 1.69 bits per heavy atom. The molecule has 0 aliphatic carbocycles. The van der Waals surface area contributed by atoms with Gasteiger partial charge in [0, 0.05) is 6.92 Å². The van der Waals surface area contributed by atoms with E-state index < -0.39 is 20.3 Å². The van der Waals surface area contributed by atoms with Crippen molar-refractivity contribution in [3.8, 4) is 0 Å². The molecule has 0 fully saturated rings. The molecule has 0 aromatic heterocycles. The lowest BCUT2D eigenvalue weighted by Gasteiger charge is -2.36. The average molecular weight is 381 g/mol. The summed E-state index contributed by atoms with van der Waals surface area (Å²) in [5.41, 5.74) is 1.01. The quantitative estimate of drug-likeness (QED) is 0.442. The van der Waals surface area contributed by atoms with Crippen LogP contribution in [0.3, 0.4) is 0 Å². The molecular formula is C19H32N2O4Si. The largest absolute Gasteiger partial charge is 0.415 e. The third kappa shape index (κ3) is 6.55. The zero-order chi connectivity index (χ0) is 20.0. The third-order valence-electron chi connectivity index (χ3n) is 4.87. The minimum Gasteiger partial charge on any atom is -0.415 e. The summed E-state index contributed by atoms with van der Waals surface area (Å²) in [5, 5.41) is 10.7. The van der Waals surface area contributed by atoms with E-state index in [-0.39, 0.29) is 24.7 Å². The molecule has 0 unspecified atom stereocenters. The molecule has 26 heavy (non-hydrogen) atoms. The molecule has 0 saturated carbocycles. The van der Waals surface area contributed by atoms with E-state index in [1.165, 1.54) is 6.92 Å². The molecule has 0 spiro atoms. The highest BCUT2D eigenvalue weighted by Crippen LogP contribution is 2.36. The van der Waals surface area contributed by atoms with Crippen LogP contribution in [0.5, 0.6) is 0 Å². The maximum atomic E-state index is 12.4. The molecule has 0 aliphatic heterocycles. The first-order valence-corrected chi connectivity index (χ1v) is 11.8. The summed E-state index contributed by atoms with van der Waals surface area (Å²) in [6.07, 6.45) is 0.509. The number of urea groups is 1. The summed E-state index contributed by atoms with van der Waals surface area (Å²) in [7, 11) is -1.95. The van der Waals surface area contributed by atoms with Crippen LogP contribution in [0, 0.1) is 0 Å². The lowest BCUT2D eigenvalue weighted by Crippen LogP contribution is -2.48. The molecule has 0 atom stereocenters. The third-order valence-corrected chi connectivity index (χ3v) is 9.41. The van der Waals surface area contributed by atoms with Crippen LogP contribution in [-0.2, 0) is 15.6 Å². The van der Waals surface area contributed by atoms with Crippen molar-refractivity contribution in [2.45, 2.75) is 52.2 Å². The summed E-state index contributed by atoms with van der Waals surface area (Å²) in [5.74, 6) is -0.410. The van der Waals surface area contributed by atoms with Gasteiger partial charge in [-0.05, 0) is 30.1 Å². The van der Waals surface area contributed by atoms with Gasteiger partial charge in [0.1, 0.15) is 0 Å². The van der Waals surface area contributed by atoms with Crippen molar-refractivity contribution in [2.75, 3.05) is 19.7 Å².